The zero-order valence-corrected chi connectivity index (χ0v) is 35.3. The molecule has 3 N–H and O–H groups in total. The van der Waals surface area contributed by atoms with Crippen LogP contribution < -0.4 is 10.1 Å². The van der Waals surface area contributed by atoms with E-state index in [-0.39, 0.29) is 24.3 Å². The summed E-state index contributed by atoms with van der Waals surface area (Å²) in [5.74, 6) is -3.22. The fourth-order valence-corrected chi connectivity index (χ4v) is 6.43. The number of aromatic hydroxyl groups is 2. The third kappa shape index (κ3) is 12.7. The van der Waals surface area contributed by atoms with E-state index in [9.17, 15) is 34.2 Å². The summed E-state index contributed by atoms with van der Waals surface area (Å²) in [5.41, 5.74) is 2.15. The zero-order valence-electron chi connectivity index (χ0n) is 35.3. The predicted molar refractivity (Wildman–Crippen MR) is 219 cm³/mol. The summed E-state index contributed by atoms with van der Waals surface area (Å²) in [4.78, 5) is 74.2. The van der Waals surface area contributed by atoms with Crippen molar-refractivity contribution in [3.05, 3.63) is 89.5 Å². The molecule has 0 aliphatic carbocycles. The van der Waals surface area contributed by atoms with E-state index in [1.165, 1.54) is 55.3 Å². The number of methoxy groups -OCH3 is 2. The summed E-state index contributed by atoms with van der Waals surface area (Å²) in [6.07, 6.45) is -0.341. The Bertz CT molecular complexity index is 1820. The lowest BCUT2D eigenvalue weighted by Crippen LogP contribution is -2.59. The van der Waals surface area contributed by atoms with Crippen molar-refractivity contribution in [2.45, 2.75) is 83.6 Å². The molecular formula is C44H60N4O10. The largest absolute Gasteiger partial charge is 0.508 e. The average molecular weight is 805 g/mol. The van der Waals surface area contributed by atoms with Gasteiger partial charge in [-0.15, -0.1) is 0 Å². The number of carbonyl (C=O) groups excluding carboxylic acids is 5. The van der Waals surface area contributed by atoms with Crippen LogP contribution in [-0.4, -0.2) is 127 Å². The van der Waals surface area contributed by atoms with E-state index in [1.54, 1.807) is 83.3 Å². The molecule has 58 heavy (non-hydrogen) atoms. The number of benzene rings is 3. The molecule has 0 bridgehead atoms. The van der Waals surface area contributed by atoms with Crippen LogP contribution >= 0.6 is 0 Å². The summed E-state index contributed by atoms with van der Waals surface area (Å²) < 4.78 is 16.3. The van der Waals surface area contributed by atoms with Crippen molar-refractivity contribution in [1.82, 2.24) is 20.0 Å². The second-order valence-electron chi connectivity index (χ2n) is 15.2. The highest BCUT2D eigenvalue weighted by Gasteiger charge is 2.40. The number of likely N-dealkylation sites (N-methyl/N-ethyl adjacent to an activating group) is 3. The maximum atomic E-state index is 14.5. The van der Waals surface area contributed by atoms with Gasteiger partial charge in [-0.3, -0.25) is 24.1 Å². The van der Waals surface area contributed by atoms with Gasteiger partial charge in [0.15, 0.2) is 6.10 Å². The molecule has 0 radical (unpaired) electrons. The number of phenolic OH excluding ortho intramolecular Hbond substituents is 2. The van der Waals surface area contributed by atoms with Crippen LogP contribution in [0.15, 0.2) is 72.8 Å². The molecule has 0 spiro atoms. The molecule has 6 atom stereocenters. The lowest BCUT2D eigenvalue weighted by Gasteiger charge is -2.36. The average Bonchev–Trinajstić information content (AvgIpc) is 3.21. The molecule has 0 fully saturated rings. The van der Waals surface area contributed by atoms with Gasteiger partial charge in [0.25, 0.3) is 5.91 Å². The van der Waals surface area contributed by atoms with Gasteiger partial charge in [-0.2, -0.15) is 0 Å². The first kappa shape index (κ1) is 46.8. The van der Waals surface area contributed by atoms with E-state index in [4.69, 9.17) is 14.2 Å². The number of nitrogens with zero attached hydrogens (tertiary/aromatic N) is 3. The van der Waals surface area contributed by atoms with Crippen LogP contribution in [0.2, 0.25) is 0 Å². The molecule has 0 aliphatic rings. The van der Waals surface area contributed by atoms with E-state index in [0.717, 1.165) is 5.56 Å². The Morgan fingerprint density at radius 1 is 0.638 bits per heavy atom. The molecule has 0 unspecified atom stereocenters. The summed E-state index contributed by atoms with van der Waals surface area (Å²) in [5, 5.41) is 22.6. The number of nitrogens with one attached hydrogen (secondary N) is 1. The van der Waals surface area contributed by atoms with Gasteiger partial charge in [-0.05, 0) is 85.9 Å². The van der Waals surface area contributed by atoms with Gasteiger partial charge in [0.2, 0.25) is 11.8 Å². The van der Waals surface area contributed by atoms with Crippen LogP contribution in [0, 0.1) is 11.8 Å². The van der Waals surface area contributed by atoms with Crippen LogP contribution in [0.5, 0.6) is 17.2 Å². The maximum Gasteiger partial charge on any atom is 0.328 e. The van der Waals surface area contributed by atoms with Crippen molar-refractivity contribution in [2.75, 3.05) is 42.4 Å². The third-order valence-electron chi connectivity index (χ3n) is 10.5. The molecule has 316 valence electrons. The van der Waals surface area contributed by atoms with E-state index in [0.29, 0.717) is 29.7 Å². The van der Waals surface area contributed by atoms with Crippen LogP contribution in [0.4, 0.5) is 0 Å². The monoisotopic (exact) mass is 804 g/mol. The van der Waals surface area contributed by atoms with Gasteiger partial charge < -0.3 is 39.5 Å². The third-order valence-corrected chi connectivity index (χ3v) is 10.5. The first-order valence-corrected chi connectivity index (χ1v) is 19.4. The molecule has 0 saturated carbocycles. The fourth-order valence-electron chi connectivity index (χ4n) is 6.43. The van der Waals surface area contributed by atoms with Crippen molar-refractivity contribution in [3.63, 3.8) is 0 Å². The molecule has 0 saturated heterocycles. The molecule has 3 amide bonds. The Morgan fingerprint density at radius 2 is 1.09 bits per heavy atom. The first-order valence-electron chi connectivity index (χ1n) is 19.4. The van der Waals surface area contributed by atoms with Crippen molar-refractivity contribution >= 4 is 29.7 Å². The smallest absolute Gasteiger partial charge is 0.328 e. The Morgan fingerprint density at radius 3 is 1.52 bits per heavy atom. The second kappa shape index (κ2) is 21.8. The molecule has 0 heterocycles. The van der Waals surface area contributed by atoms with Crippen molar-refractivity contribution in [1.29, 1.82) is 0 Å². The molecule has 0 aliphatic heterocycles. The minimum absolute atomic E-state index is 0.00475. The first-order chi connectivity index (χ1) is 27.4. The van der Waals surface area contributed by atoms with Gasteiger partial charge in [-0.1, -0.05) is 64.1 Å². The summed E-state index contributed by atoms with van der Waals surface area (Å²) >= 11 is 0. The van der Waals surface area contributed by atoms with E-state index in [2.05, 4.69) is 5.32 Å². The second-order valence-corrected chi connectivity index (χ2v) is 15.2. The summed E-state index contributed by atoms with van der Waals surface area (Å²) in [6.45, 7) is 7.18. The number of phenols is 2. The molecule has 14 heteroatoms. The number of hydrogen-bond donors (Lipinski definition) is 3. The van der Waals surface area contributed by atoms with E-state index < -0.39 is 71.8 Å². The lowest BCUT2D eigenvalue weighted by atomic mass is 9.96. The van der Waals surface area contributed by atoms with Gasteiger partial charge in [0.05, 0.1) is 14.2 Å². The lowest BCUT2D eigenvalue weighted by molar-refractivity contribution is -0.164. The zero-order chi connectivity index (χ0) is 43.3. The van der Waals surface area contributed by atoms with Gasteiger partial charge in [0, 0.05) is 32.9 Å². The fraction of sp³-hybridized carbons (Fsp3) is 0.477. The van der Waals surface area contributed by atoms with E-state index in [1.807, 2.05) is 19.1 Å². The SMILES string of the molecule is CC[C@H](C)[C@@H](OC(=O)[C@@H](Cc1ccc(OC)cc1)N(C)C)C(=O)N[C@H](C(=O)N(C)[C@@H](Cc1ccc(O)cc1)C(=O)N(C)[C@@H](Cc1ccc(O)cc1)C(=O)OC)C(C)C. The Labute approximate surface area is 342 Å². The molecule has 3 aromatic rings. The molecule has 0 aromatic heterocycles. The van der Waals surface area contributed by atoms with Crippen LogP contribution in [0.25, 0.3) is 0 Å². The normalized spacial score (nSPS) is 14.3. The predicted octanol–water partition coefficient (Wildman–Crippen LogP) is 3.99. The van der Waals surface area contributed by atoms with Gasteiger partial charge in [-0.25, -0.2) is 4.79 Å². The molecular weight excluding hydrogens is 745 g/mol. The van der Waals surface area contributed by atoms with Gasteiger partial charge >= 0.3 is 11.9 Å². The minimum Gasteiger partial charge on any atom is -0.508 e. The highest BCUT2D eigenvalue weighted by Crippen LogP contribution is 2.22. The van der Waals surface area contributed by atoms with E-state index >= 15 is 0 Å². The number of amides is 3. The van der Waals surface area contributed by atoms with Crippen LogP contribution in [0.1, 0.15) is 50.8 Å². The van der Waals surface area contributed by atoms with Gasteiger partial charge in [0.1, 0.15) is 41.4 Å². The number of ether oxygens (including phenoxy) is 3. The van der Waals surface area contributed by atoms with Crippen LogP contribution in [0.3, 0.4) is 0 Å². The van der Waals surface area contributed by atoms with Crippen molar-refractivity contribution < 1.29 is 48.4 Å². The highest BCUT2D eigenvalue weighted by molar-refractivity contribution is 5.95. The Hall–Kier alpha value is -5.63. The number of carbonyl (C=O) groups is 5. The minimum atomic E-state index is -1.23. The molecule has 3 aromatic carbocycles. The number of esters is 2. The highest BCUT2D eigenvalue weighted by atomic mass is 16.6. The maximum absolute atomic E-state index is 14.5. The molecule has 3 rings (SSSR count). The number of hydrogen-bond acceptors (Lipinski definition) is 11. The van der Waals surface area contributed by atoms with Crippen molar-refractivity contribution in [2.24, 2.45) is 11.8 Å². The Balaban J connectivity index is 1.92. The topological polar surface area (TPSA) is 175 Å². The summed E-state index contributed by atoms with van der Waals surface area (Å²) in [7, 11) is 9.21. The van der Waals surface area contributed by atoms with Crippen molar-refractivity contribution in [3.8, 4) is 17.2 Å². The molecule has 14 nitrogen and oxygen atoms in total. The quantitative estimate of drug-likeness (QED) is 0.141. The van der Waals surface area contributed by atoms with Crippen LogP contribution in [-0.2, 0) is 52.7 Å². The standard InChI is InChI=1S/C44H60N4O10/c1-11-28(4)39(58-44(55)36(46(5)6)25-31-16-22-34(56-9)23-17-31)40(51)45-38(27(2)3)42(53)47(7)35(24-29-12-18-32(49)19-13-29)41(52)48(8)37(43(54)57-10)26-30-14-20-33(50)21-15-30/h12-23,27-28,35-39,49-50H,11,24-26H2,1-10H3,(H,45,51)/t28-,35-,36+,37-,38-,39+/m0/s1. The Kier molecular flexibility index (Phi) is 17.5. The summed E-state index contributed by atoms with van der Waals surface area (Å²) in [6, 6.07) is 15.6. The number of rotatable bonds is 20.